The fourth-order valence-electron chi connectivity index (χ4n) is 3.67. The highest BCUT2D eigenvalue weighted by Crippen LogP contribution is 2.38. The zero-order chi connectivity index (χ0) is 24.1. The number of nitrogens with zero attached hydrogens (tertiary/aromatic N) is 3. The Morgan fingerprint density at radius 2 is 1.84 bits per heavy atom. The van der Waals surface area contributed by atoms with Crippen molar-refractivity contribution in [2.45, 2.75) is 47.8 Å². The van der Waals surface area contributed by atoms with Gasteiger partial charge in [-0.2, -0.15) is 22.6 Å². The van der Waals surface area contributed by atoms with Gasteiger partial charge in [0.2, 0.25) is 10.0 Å². The van der Waals surface area contributed by atoms with Gasteiger partial charge >= 0.3 is 12.1 Å². The zero-order valence-corrected chi connectivity index (χ0v) is 18.6. The lowest BCUT2D eigenvalue weighted by Crippen LogP contribution is -2.33. The summed E-state index contributed by atoms with van der Waals surface area (Å²) in [4.78, 5) is 9.46. The maximum atomic E-state index is 13.3. The molecule has 1 atom stereocenters. The molecule has 32 heavy (non-hydrogen) atoms. The van der Waals surface area contributed by atoms with Gasteiger partial charge in [-0.05, 0) is 37.5 Å². The summed E-state index contributed by atoms with van der Waals surface area (Å²) < 4.78 is 92.3. The summed E-state index contributed by atoms with van der Waals surface area (Å²) in [6.45, 7) is -0.413. The third-order valence-electron chi connectivity index (χ3n) is 5.27. The Bertz CT molecular complexity index is 1270. The fraction of sp³-hybridized carbons (Fsp3) is 0.444. The number of sulfone groups is 1. The third-order valence-corrected chi connectivity index (χ3v) is 8.20. The molecule has 0 amide bonds. The molecule has 0 fully saturated rings. The van der Waals surface area contributed by atoms with E-state index < -0.39 is 59.9 Å². The summed E-state index contributed by atoms with van der Waals surface area (Å²) in [5.74, 6) is -1.13. The Morgan fingerprint density at radius 3 is 2.41 bits per heavy atom. The molecule has 1 aliphatic carbocycles. The molecule has 1 aromatic carbocycles. The molecule has 0 unspecified atom stereocenters. The molecule has 0 aliphatic heterocycles. The zero-order valence-electron chi connectivity index (χ0n) is 17.0. The van der Waals surface area contributed by atoms with Crippen LogP contribution >= 0.6 is 0 Å². The molecule has 14 heteroatoms. The number of carboxylic acids is 1. The highest BCUT2D eigenvalue weighted by atomic mass is 32.2. The molecule has 1 heterocycles. The molecule has 1 N–H and O–H groups in total. The van der Waals surface area contributed by atoms with Gasteiger partial charge in [0.25, 0.3) is 0 Å². The third kappa shape index (κ3) is 4.66. The number of aliphatic carboxylic acids is 1. The first-order valence-electron chi connectivity index (χ1n) is 9.29. The van der Waals surface area contributed by atoms with Gasteiger partial charge in [-0.3, -0.25) is 9.48 Å². The predicted octanol–water partition coefficient (Wildman–Crippen LogP) is 2.09. The SMILES string of the molecule is CN([C@@H]1CCCc2c1cnn2CC(=O)O)S(=O)(=O)c1cc(C(F)(F)F)cc(S(C)(=O)=O)c1. The summed E-state index contributed by atoms with van der Waals surface area (Å²) in [5.41, 5.74) is -0.406. The Morgan fingerprint density at radius 1 is 1.22 bits per heavy atom. The molecular formula is C18H20F3N3O6S2. The van der Waals surface area contributed by atoms with Crippen molar-refractivity contribution in [3.8, 4) is 0 Å². The number of rotatable bonds is 6. The number of sulfonamides is 1. The van der Waals surface area contributed by atoms with Crippen LogP contribution in [-0.4, -0.2) is 55.3 Å². The molecule has 3 rings (SSSR count). The van der Waals surface area contributed by atoms with E-state index in [1.807, 2.05) is 0 Å². The predicted molar refractivity (Wildman–Crippen MR) is 105 cm³/mol. The van der Waals surface area contributed by atoms with Gasteiger partial charge < -0.3 is 5.11 Å². The Labute approximate surface area is 182 Å². The number of fused-ring (bicyclic) bond motifs is 1. The van der Waals surface area contributed by atoms with Crippen LogP contribution in [0, 0.1) is 0 Å². The number of halogens is 3. The molecule has 176 valence electrons. The number of hydrogen-bond acceptors (Lipinski definition) is 6. The van der Waals surface area contributed by atoms with Crippen molar-refractivity contribution in [1.82, 2.24) is 14.1 Å². The first kappa shape index (κ1) is 24.2. The van der Waals surface area contributed by atoms with Crippen LogP contribution in [0.4, 0.5) is 13.2 Å². The minimum Gasteiger partial charge on any atom is -0.480 e. The van der Waals surface area contributed by atoms with Gasteiger partial charge in [0.15, 0.2) is 9.84 Å². The van der Waals surface area contributed by atoms with Crippen molar-refractivity contribution in [2.75, 3.05) is 13.3 Å². The van der Waals surface area contributed by atoms with Crippen molar-refractivity contribution < 1.29 is 39.9 Å². The molecule has 9 nitrogen and oxygen atoms in total. The smallest absolute Gasteiger partial charge is 0.416 e. The number of carbonyl (C=O) groups is 1. The largest absolute Gasteiger partial charge is 0.480 e. The Kier molecular flexibility index (Phi) is 6.17. The molecule has 1 aromatic heterocycles. The summed E-state index contributed by atoms with van der Waals surface area (Å²) in [6, 6.07) is 0.692. The van der Waals surface area contributed by atoms with E-state index in [9.17, 15) is 34.8 Å². The van der Waals surface area contributed by atoms with Crippen molar-refractivity contribution in [1.29, 1.82) is 0 Å². The van der Waals surface area contributed by atoms with Gasteiger partial charge in [-0.15, -0.1) is 0 Å². The minimum absolute atomic E-state index is 0.333. The van der Waals surface area contributed by atoms with Crippen LogP contribution in [0.25, 0.3) is 0 Å². The first-order chi connectivity index (χ1) is 14.6. The van der Waals surface area contributed by atoms with Crippen molar-refractivity contribution in [3.63, 3.8) is 0 Å². The summed E-state index contributed by atoms with van der Waals surface area (Å²) in [5, 5.41) is 13.0. The van der Waals surface area contributed by atoms with Gasteiger partial charge in [0.1, 0.15) is 6.54 Å². The molecule has 1 aliphatic rings. The minimum atomic E-state index is -4.96. The molecule has 2 aromatic rings. The number of benzene rings is 1. The molecular weight excluding hydrogens is 475 g/mol. The van der Waals surface area contributed by atoms with E-state index >= 15 is 0 Å². The summed E-state index contributed by atoms with van der Waals surface area (Å²) >= 11 is 0. The number of alkyl halides is 3. The van der Waals surface area contributed by atoms with Crippen molar-refractivity contribution in [3.05, 3.63) is 41.2 Å². The lowest BCUT2D eigenvalue weighted by molar-refractivity contribution is -0.138. The van der Waals surface area contributed by atoms with Gasteiger partial charge in [-0.25, -0.2) is 16.8 Å². The lowest BCUT2D eigenvalue weighted by Gasteiger charge is -2.31. The summed E-state index contributed by atoms with van der Waals surface area (Å²) in [7, 11) is -7.49. The van der Waals surface area contributed by atoms with Crippen molar-refractivity contribution >= 4 is 25.8 Å². The lowest BCUT2D eigenvalue weighted by atomic mass is 9.93. The molecule has 0 saturated heterocycles. The number of carboxylic acid groups (broad SMARTS) is 1. The summed E-state index contributed by atoms with van der Waals surface area (Å²) in [6.07, 6.45) is -1.62. The van der Waals surface area contributed by atoms with E-state index in [4.69, 9.17) is 5.11 Å². The first-order valence-corrected chi connectivity index (χ1v) is 12.6. The topological polar surface area (TPSA) is 127 Å². The average Bonchev–Trinajstić information content (AvgIpc) is 3.08. The van der Waals surface area contributed by atoms with Crippen LogP contribution < -0.4 is 0 Å². The second-order valence-electron chi connectivity index (χ2n) is 7.49. The quantitative estimate of drug-likeness (QED) is 0.650. The van der Waals surface area contributed by atoms with Gasteiger partial charge in [0.05, 0.1) is 27.6 Å². The van der Waals surface area contributed by atoms with Crippen LogP contribution in [0.3, 0.4) is 0 Å². The number of aromatic nitrogens is 2. The van der Waals surface area contributed by atoms with E-state index in [0.717, 1.165) is 4.31 Å². The van der Waals surface area contributed by atoms with Crippen LogP contribution in [-0.2, 0) is 43.8 Å². The standard InChI is InChI=1S/C18H20F3N3O6S2/c1-23(15-4-3-5-16-14(15)9-22-24(16)10-17(25)26)32(29,30)13-7-11(18(19,20)21)6-12(8-13)31(2,27)28/h6-9,15H,3-5,10H2,1-2H3,(H,25,26)/t15-/m1/s1. The maximum absolute atomic E-state index is 13.3. The molecule has 0 spiro atoms. The molecule has 0 bridgehead atoms. The van der Waals surface area contributed by atoms with E-state index in [2.05, 4.69) is 5.10 Å². The molecule has 0 radical (unpaired) electrons. The second-order valence-corrected chi connectivity index (χ2v) is 11.5. The fourth-order valence-corrected chi connectivity index (χ4v) is 5.86. The van der Waals surface area contributed by atoms with Gasteiger partial charge in [0, 0.05) is 24.6 Å². The normalized spacial score (nSPS) is 17.4. The van der Waals surface area contributed by atoms with Crippen molar-refractivity contribution in [2.24, 2.45) is 0 Å². The van der Waals surface area contributed by atoms with Gasteiger partial charge in [-0.1, -0.05) is 0 Å². The highest BCUT2D eigenvalue weighted by molar-refractivity contribution is 7.91. The van der Waals surface area contributed by atoms with E-state index in [1.165, 1.54) is 17.9 Å². The van der Waals surface area contributed by atoms with E-state index in [0.29, 0.717) is 55.0 Å². The van der Waals surface area contributed by atoms with E-state index in [1.54, 1.807) is 0 Å². The monoisotopic (exact) mass is 495 g/mol. The highest BCUT2D eigenvalue weighted by Gasteiger charge is 2.37. The second kappa shape index (κ2) is 8.15. The Balaban J connectivity index is 2.08. The number of hydrogen-bond donors (Lipinski definition) is 1. The average molecular weight is 496 g/mol. The van der Waals surface area contributed by atoms with Crippen LogP contribution in [0.15, 0.2) is 34.2 Å². The van der Waals surface area contributed by atoms with Crippen LogP contribution in [0.1, 0.15) is 35.7 Å². The van der Waals surface area contributed by atoms with Crippen LogP contribution in [0.2, 0.25) is 0 Å². The molecule has 0 saturated carbocycles. The Hall–Kier alpha value is -2.45. The van der Waals surface area contributed by atoms with Crippen LogP contribution in [0.5, 0.6) is 0 Å². The van der Waals surface area contributed by atoms with E-state index in [-0.39, 0.29) is 0 Å². The maximum Gasteiger partial charge on any atom is 0.416 e.